The number of hydrogen-bond donors (Lipinski definition) is 2. The number of hydrogen-bond acceptors (Lipinski definition) is 7. The molecule has 0 saturated carbocycles. The Morgan fingerprint density at radius 2 is 2.04 bits per heavy atom. The average molecular weight is 350 g/mol. The van der Waals surface area contributed by atoms with Gasteiger partial charge in [0.25, 0.3) is 0 Å². The molecule has 0 amide bonds. The number of imidazole rings is 1. The van der Waals surface area contributed by atoms with Crippen LogP contribution in [0.15, 0.2) is 42.7 Å². The summed E-state index contributed by atoms with van der Waals surface area (Å²) in [5, 5.41) is 3.00. The van der Waals surface area contributed by atoms with Crippen molar-refractivity contribution in [3.63, 3.8) is 0 Å². The minimum atomic E-state index is -0.335. The Bertz CT molecular complexity index is 1090. The monoisotopic (exact) mass is 350 g/mol. The van der Waals surface area contributed by atoms with Crippen molar-refractivity contribution in [2.45, 2.75) is 13.5 Å². The predicted octanol–water partition coefficient (Wildman–Crippen LogP) is 2.77. The Kier molecular flexibility index (Phi) is 3.88. The molecule has 0 aliphatic rings. The molecular formula is C17H15FN8. The van der Waals surface area contributed by atoms with Crippen LogP contribution in [0, 0.1) is 5.82 Å². The maximum atomic E-state index is 13.3. The number of aromatic nitrogens is 6. The summed E-state index contributed by atoms with van der Waals surface area (Å²) < 4.78 is 15.3. The van der Waals surface area contributed by atoms with Crippen LogP contribution in [0.25, 0.3) is 22.7 Å². The van der Waals surface area contributed by atoms with E-state index >= 15 is 0 Å². The molecule has 26 heavy (non-hydrogen) atoms. The molecule has 9 heteroatoms. The molecule has 3 aromatic heterocycles. The molecule has 8 nitrogen and oxygen atoms in total. The number of rotatable bonds is 4. The summed E-state index contributed by atoms with van der Waals surface area (Å²) in [6.45, 7) is 2.61. The van der Waals surface area contributed by atoms with E-state index in [4.69, 9.17) is 5.73 Å². The summed E-state index contributed by atoms with van der Waals surface area (Å²) in [4.78, 5) is 21.5. The van der Waals surface area contributed by atoms with E-state index in [2.05, 4.69) is 30.2 Å². The molecule has 0 aliphatic heterocycles. The first-order valence-corrected chi connectivity index (χ1v) is 7.99. The van der Waals surface area contributed by atoms with Crippen molar-refractivity contribution in [2.24, 2.45) is 0 Å². The van der Waals surface area contributed by atoms with Crippen molar-refractivity contribution in [1.29, 1.82) is 0 Å². The molecule has 0 saturated heterocycles. The molecule has 0 aliphatic carbocycles. The molecule has 3 N–H and O–H groups in total. The fraction of sp³-hybridized carbons (Fsp3) is 0.118. The van der Waals surface area contributed by atoms with Gasteiger partial charge in [-0.25, -0.2) is 24.3 Å². The highest BCUT2D eigenvalue weighted by molar-refractivity contribution is 5.77. The summed E-state index contributed by atoms with van der Waals surface area (Å²) in [5.41, 5.74) is 8.13. The van der Waals surface area contributed by atoms with Crippen LogP contribution in [-0.2, 0) is 6.54 Å². The van der Waals surface area contributed by atoms with E-state index in [0.29, 0.717) is 40.9 Å². The van der Waals surface area contributed by atoms with Crippen LogP contribution in [0.2, 0.25) is 0 Å². The summed E-state index contributed by atoms with van der Waals surface area (Å²) in [5.74, 6) is 0.829. The van der Waals surface area contributed by atoms with Crippen LogP contribution >= 0.6 is 0 Å². The number of fused-ring (bicyclic) bond motifs is 1. The number of nitrogens with zero attached hydrogens (tertiary/aromatic N) is 6. The Morgan fingerprint density at radius 1 is 1.15 bits per heavy atom. The van der Waals surface area contributed by atoms with Gasteiger partial charge in [-0.05, 0) is 31.2 Å². The lowest BCUT2D eigenvalue weighted by Crippen LogP contribution is -2.03. The van der Waals surface area contributed by atoms with Crippen LogP contribution < -0.4 is 11.1 Å². The van der Waals surface area contributed by atoms with Crippen LogP contribution in [0.1, 0.15) is 6.92 Å². The zero-order chi connectivity index (χ0) is 18.1. The van der Waals surface area contributed by atoms with Crippen LogP contribution in [-0.4, -0.2) is 29.5 Å². The first-order chi connectivity index (χ1) is 12.6. The minimum absolute atomic E-state index is 0.178. The highest BCUT2D eigenvalue weighted by atomic mass is 19.1. The second kappa shape index (κ2) is 6.36. The Hall–Kier alpha value is -3.62. The fourth-order valence-corrected chi connectivity index (χ4v) is 2.67. The number of nitrogens with one attached hydrogen (secondary N) is 1. The van der Waals surface area contributed by atoms with Gasteiger partial charge in [0.15, 0.2) is 11.5 Å². The first-order valence-electron chi connectivity index (χ1n) is 7.99. The predicted molar refractivity (Wildman–Crippen MR) is 96.1 cm³/mol. The summed E-state index contributed by atoms with van der Waals surface area (Å²) >= 11 is 0. The molecule has 0 radical (unpaired) electrons. The number of halogens is 1. The van der Waals surface area contributed by atoms with Crippen molar-refractivity contribution in [3.05, 3.63) is 48.5 Å². The standard InChI is InChI=1S/C17H15FN8/c1-2-26-14(12-6-7-20-16(19)24-12)23-13-9-21-17(25-15(13)26)22-11-5-3-4-10(18)8-11/h3-9H,2H2,1H3,(H2,19,20,24)(H,21,22,25). The number of aryl methyl sites for hydroxylation is 1. The Morgan fingerprint density at radius 3 is 2.81 bits per heavy atom. The van der Waals surface area contributed by atoms with Crippen molar-refractivity contribution < 1.29 is 4.39 Å². The maximum absolute atomic E-state index is 13.3. The Balaban J connectivity index is 1.78. The van der Waals surface area contributed by atoms with Gasteiger partial charge in [0, 0.05) is 18.4 Å². The molecular weight excluding hydrogens is 335 g/mol. The van der Waals surface area contributed by atoms with Gasteiger partial charge in [-0.15, -0.1) is 0 Å². The van der Waals surface area contributed by atoms with Crippen LogP contribution in [0.3, 0.4) is 0 Å². The van der Waals surface area contributed by atoms with E-state index in [9.17, 15) is 4.39 Å². The van der Waals surface area contributed by atoms with Crippen molar-refractivity contribution in [2.75, 3.05) is 11.1 Å². The molecule has 0 spiro atoms. The van der Waals surface area contributed by atoms with Crippen LogP contribution in [0.4, 0.5) is 22.0 Å². The van der Waals surface area contributed by atoms with E-state index in [0.717, 1.165) is 0 Å². The third kappa shape index (κ3) is 2.90. The summed E-state index contributed by atoms with van der Waals surface area (Å²) in [7, 11) is 0. The average Bonchev–Trinajstić information content (AvgIpc) is 2.99. The largest absolute Gasteiger partial charge is 0.368 e. The summed E-state index contributed by atoms with van der Waals surface area (Å²) in [6, 6.07) is 7.84. The van der Waals surface area contributed by atoms with Gasteiger partial charge in [0.1, 0.15) is 17.0 Å². The van der Waals surface area contributed by atoms with Crippen LogP contribution in [0.5, 0.6) is 0 Å². The topological polar surface area (TPSA) is 107 Å². The van der Waals surface area contributed by atoms with Gasteiger partial charge < -0.3 is 15.6 Å². The smallest absolute Gasteiger partial charge is 0.229 e. The SMILES string of the molecule is CCn1c(-c2ccnc(N)n2)nc2cnc(Nc3cccc(F)c3)nc21. The zero-order valence-electron chi connectivity index (χ0n) is 13.9. The third-order valence-electron chi connectivity index (χ3n) is 3.79. The third-order valence-corrected chi connectivity index (χ3v) is 3.79. The van der Waals surface area contributed by atoms with Crippen molar-refractivity contribution in [1.82, 2.24) is 29.5 Å². The molecule has 3 heterocycles. The highest BCUT2D eigenvalue weighted by Gasteiger charge is 2.15. The molecule has 4 rings (SSSR count). The molecule has 0 fully saturated rings. The fourth-order valence-electron chi connectivity index (χ4n) is 2.67. The Labute approximate surface area is 148 Å². The van der Waals surface area contributed by atoms with E-state index < -0.39 is 0 Å². The minimum Gasteiger partial charge on any atom is -0.368 e. The second-order valence-corrected chi connectivity index (χ2v) is 5.52. The molecule has 0 bridgehead atoms. The lowest BCUT2D eigenvalue weighted by atomic mass is 10.3. The van der Waals surface area contributed by atoms with Gasteiger partial charge in [0.2, 0.25) is 11.9 Å². The van der Waals surface area contributed by atoms with E-state index in [1.54, 1.807) is 30.6 Å². The zero-order valence-corrected chi connectivity index (χ0v) is 13.9. The highest BCUT2D eigenvalue weighted by Crippen LogP contribution is 2.23. The number of benzene rings is 1. The van der Waals surface area contributed by atoms with Gasteiger partial charge in [-0.2, -0.15) is 4.98 Å². The van der Waals surface area contributed by atoms with Crippen molar-refractivity contribution >= 4 is 28.7 Å². The number of nitrogens with two attached hydrogens (primary N) is 1. The lowest BCUT2D eigenvalue weighted by Gasteiger charge is -2.07. The van der Waals surface area contributed by atoms with E-state index in [-0.39, 0.29) is 11.8 Å². The van der Waals surface area contributed by atoms with Gasteiger partial charge in [-0.1, -0.05) is 6.07 Å². The van der Waals surface area contributed by atoms with Crippen molar-refractivity contribution in [3.8, 4) is 11.5 Å². The normalized spacial score (nSPS) is 11.0. The molecule has 0 unspecified atom stereocenters. The molecule has 130 valence electrons. The van der Waals surface area contributed by atoms with E-state index in [1.807, 2.05) is 11.5 Å². The second-order valence-electron chi connectivity index (χ2n) is 5.52. The molecule has 0 atom stereocenters. The van der Waals surface area contributed by atoms with Gasteiger partial charge in [-0.3, -0.25) is 0 Å². The maximum Gasteiger partial charge on any atom is 0.229 e. The molecule has 4 aromatic rings. The van der Waals surface area contributed by atoms with Gasteiger partial charge >= 0.3 is 0 Å². The lowest BCUT2D eigenvalue weighted by molar-refractivity contribution is 0.628. The quantitative estimate of drug-likeness (QED) is 0.582. The van der Waals surface area contributed by atoms with E-state index in [1.165, 1.54) is 12.1 Å². The summed E-state index contributed by atoms with van der Waals surface area (Å²) in [6.07, 6.45) is 3.20. The number of nitrogen functional groups attached to an aromatic ring is 1. The molecule has 1 aromatic carbocycles. The van der Waals surface area contributed by atoms with Gasteiger partial charge in [0.05, 0.1) is 6.20 Å². The number of anilines is 3. The first kappa shape index (κ1) is 15.9.